The van der Waals surface area contributed by atoms with Gasteiger partial charge in [0.05, 0.1) is 17.2 Å². The lowest BCUT2D eigenvalue weighted by atomic mass is 9.95. The number of halogens is 1. The molecule has 2 nitrogen and oxygen atoms in total. The van der Waals surface area contributed by atoms with Crippen molar-refractivity contribution in [2.24, 2.45) is 29.6 Å². The Labute approximate surface area is 135 Å². The van der Waals surface area contributed by atoms with E-state index in [9.17, 15) is 5.11 Å². The van der Waals surface area contributed by atoms with E-state index in [-0.39, 0.29) is 6.10 Å². The molecule has 114 valence electrons. The molecule has 0 spiro atoms. The van der Waals surface area contributed by atoms with E-state index in [0.29, 0.717) is 5.92 Å². The summed E-state index contributed by atoms with van der Waals surface area (Å²) in [6, 6.07) is 6.08. The third-order valence-corrected chi connectivity index (χ3v) is 6.54. The first-order valence-corrected chi connectivity index (χ1v) is 9.10. The fourth-order valence-electron chi connectivity index (χ4n) is 5.07. The number of rotatable bonds is 5. The van der Waals surface area contributed by atoms with Crippen LogP contribution >= 0.6 is 15.9 Å². The van der Waals surface area contributed by atoms with E-state index in [1.54, 1.807) is 0 Å². The van der Waals surface area contributed by atoms with Crippen molar-refractivity contribution in [2.45, 2.75) is 38.7 Å². The lowest BCUT2D eigenvalue weighted by Gasteiger charge is -2.17. The van der Waals surface area contributed by atoms with Gasteiger partial charge in [0.25, 0.3) is 0 Å². The quantitative estimate of drug-likeness (QED) is 0.843. The van der Waals surface area contributed by atoms with Gasteiger partial charge in [0.15, 0.2) is 0 Å². The SMILES string of the molecule is CCCOc1ccc(C(O)C2C3C4CCC(C4)C32)cc1Br. The Hall–Kier alpha value is -0.540. The minimum Gasteiger partial charge on any atom is -0.492 e. The molecule has 21 heavy (non-hydrogen) atoms. The van der Waals surface area contributed by atoms with E-state index >= 15 is 0 Å². The zero-order valence-electron chi connectivity index (χ0n) is 12.5. The summed E-state index contributed by atoms with van der Waals surface area (Å²) in [6.07, 6.45) is 4.96. The van der Waals surface area contributed by atoms with Gasteiger partial charge >= 0.3 is 0 Å². The average molecular weight is 351 g/mol. The summed E-state index contributed by atoms with van der Waals surface area (Å²) >= 11 is 3.58. The Kier molecular flexibility index (Phi) is 3.54. The molecule has 5 unspecified atom stereocenters. The first-order chi connectivity index (χ1) is 10.2. The molecular weight excluding hydrogens is 328 g/mol. The maximum absolute atomic E-state index is 10.8. The van der Waals surface area contributed by atoms with Crippen molar-refractivity contribution in [3.05, 3.63) is 28.2 Å². The normalized spacial score (nSPS) is 37.4. The third kappa shape index (κ3) is 2.24. The van der Waals surface area contributed by atoms with E-state index in [4.69, 9.17) is 4.74 Å². The summed E-state index contributed by atoms with van der Waals surface area (Å²) in [6.45, 7) is 2.84. The van der Waals surface area contributed by atoms with Crippen molar-refractivity contribution in [3.63, 3.8) is 0 Å². The summed E-state index contributed by atoms with van der Waals surface area (Å²) in [5.41, 5.74) is 1.05. The highest BCUT2D eigenvalue weighted by Crippen LogP contribution is 2.72. The fraction of sp³-hybridized carbons (Fsp3) is 0.667. The van der Waals surface area contributed by atoms with Crippen LogP contribution in [0.1, 0.15) is 44.3 Å². The molecule has 0 amide bonds. The molecule has 0 saturated heterocycles. The Balaban J connectivity index is 1.48. The van der Waals surface area contributed by atoms with Gasteiger partial charge in [-0.05, 0) is 88.9 Å². The summed E-state index contributed by atoms with van der Waals surface area (Å²) in [5, 5.41) is 10.8. The number of benzene rings is 1. The van der Waals surface area contributed by atoms with E-state index in [0.717, 1.165) is 52.5 Å². The number of hydrogen-bond donors (Lipinski definition) is 1. The van der Waals surface area contributed by atoms with Gasteiger partial charge < -0.3 is 9.84 Å². The Morgan fingerprint density at radius 3 is 2.62 bits per heavy atom. The zero-order valence-corrected chi connectivity index (χ0v) is 14.1. The molecule has 1 aromatic carbocycles. The molecule has 3 heteroatoms. The summed E-state index contributed by atoms with van der Waals surface area (Å²) in [4.78, 5) is 0. The van der Waals surface area contributed by atoms with Crippen molar-refractivity contribution in [1.29, 1.82) is 0 Å². The zero-order chi connectivity index (χ0) is 14.6. The first kappa shape index (κ1) is 14.1. The highest BCUT2D eigenvalue weighted by Gasteiger charge is 2.66. The van der Waals surface area contributed by atoms with Crippen LogP contribution in [0.2, 0.25) is 0 Å². The van der Waals surface area contributed by atoms with Crippen LogP contribution in [-0.4, -0.2) is 11.7 Å². The van der Waals surface area contributed by atoms with Gasteiger partial charge in [0.1, 0.15) is 5.75 Å². The van der Waals surface area contributed by atoms with Gasteiger partial charge in [-0.15, -0.1) is 0 Å². The molecule has 3 aliphatic carbocycles. The molecule has 3 saturated carbocycles. The molecule has 3 fully saturated rings. The second kappa shape index (κ2) is 5.27. The predicted octanol–water partition coefficient (Wildman–Crippen LogP) is 4.56. The van der Waals surface area contributed by atoms with Gasteiger partial charge in [0, 0.05) is 0 Å². The van der Waals surface area contributed by atoms with Crippen molar-refractivity contribution in [2.75, 3.05) is 6.61 Å². The van der Waals surface area contributed by atoms with Crippen molar-refractivity contribution in [3.8, 4) is 5.75 Å². The van der Waals surface area contributed by atoms with E-state index in [1.165, 1.54) is 19.3 Å². The van der Waals surface area contributed by atoms with Crippen LogP contribution in [-0.2, 0) is 0 Å². The van der Waals surface area contributed by atoms with E-state index in [2.05, 4.69) is 22.9 Å². The minimum atomic E-state index is -0.292. The maximum atomic E-state index is 10.8. The van der Waals surface area contributed by atoms with Gasteiger partial charge in [-0.25, -0.2) is 0 Å². The molecule has 2 bridgehead atoms. The number of ether oxygens (including phenoxy) is 1. The molecule has 4 rings (SSSR count). The average Bonchev–Trinajstić information content (AvgIpc) is 2.92. The summed E-state index contributed by atoms with van der Waals surface area (Å²) in [5.74, 6) is 4.85. The highest BCUT2D eigenvalue weighted by atomic mass is 79.9. The van der Waals surface area contributed by atoms with Crippen LogP contribution in [0, 0.1) is 29.6 Å². The molecule has 1 aromatic rings. The predicted molar refractivity (Wildman–Crippen MR) is 86.2 cm³/mol. The highest BCUT2D eigenvalue weighted by molar-refractivity contribution is 9.10. The Bertz CT molecular complexity index is 528. The minimum absolute atomic E-state index is 0.292. The second-order valence-corrected chi connectivity index (χ2v) is 7.90. The maximum Gasteiger partial charge on any atom is 0.133 e. The van der Waals surface area contributed by atoms with Crippen molar-refractivity contribution in [1.82, 2.24) is 0 Å². The molecule has 0 aromatic heterocycles. The van der Waals surface area contributed by atoms with E-state index < -0.39 is 0 Å². The molecule has 3 aliphatic rings. The molecule has 0 aliphatic heterocycles. The van der Waals surface area contributed by atoms with E-state index in [1.807, 2.05) is 18.2 Å². The van der Waals surface area contributed by atoms with Crippen LogP contribution in [0.3, 0.4) is 0 Å². The van der Waals surface area contributed by atoms with Crippen LogP contribution in [0.25, 0.3) is 0 Å². The van der Waals surface area contributed by atoms with Crippen LogP contribution in [0.5, 0.6) is 5.75 Å². The summed E-state index contributed by atoms with van der Waals surface area (Å²) < 4.78 is 6.65. The van der Waals surface area contributed by atoms with Crippen molar-refractivity contribution >= 4 is 15.9 Å². The number of hydrogen-bond acceptors (Lipinski definition) is 2. The Morgan fingerprint density at radius 2 is 2.00 bits per heavy atom. The number of aliphatic hydroxyl groups excluding tert-OH is 1. The largest absolute Gasteiger partial charge is 0.492 e. The Morgan fingerprint density at radius 1 is 1.29 bits per heavy atom. The topological polar surface area (TPSA) is 29.5 Å². The van der Waals surface area contributed by atoms with Crippen LogP contribution in [0.4, 0.5) is 0 Å². The third-order valence-electron chi connectivity index (χ3n) is 5.92. The fourth-order valence-corrected chi connectivity index (χ4v) is 5.58. The smallest absolute Gasteiger partial charge is 0.133 e. The molecule has 0 radical (unpaired) electrons. The van der Waals surface area contributed by atoms with Gasteiger partial charge in [0.2, 0.25) is 0 Å². The molecule has 0 heterocycles. The molecular formula is C18H23BrO2. The first-order valence-electron chi connectivity index (χ1n) is 8.31. The van der Waals surface area contributed by atoms with Crippen LogP contribution in [0.15, 0.2) is 22.7 Å². The molecule has 1 N–H and O–H groups in total. The lowest BCUT2D eigenvalue weighted by molar-refractivity contribution is 0.130. The van der Waals surface area contributed by atoms with Gasteiger partial charge in [-0.3, -0.25) is 0 Å². The monoisotopic (exact) mass is 350 g/mol. The standard InChI is InChI=1S/C18H23BrO2/c1-2-7-21-14-6-5-12(9-13(14)19)18(20)17-15-10-3-4-11(8-10)16(15)17/h5-6,9-11,15-18,20H,2-4,7-8H2,1H3. The van der Waals surface area contributed by atoms with Gasteiger partial charge in [-0.2, -0.15) is 0 Å². The van der Waals surface area contributed by atoms with Crippen molar-refractivity contribution < 1.29 is 9.84 Å². The number of fused-ring (bicyclic) bond motifs is 5. The number of aliphatic hydroxyl groups is 1. The molecule has 5 atom stereocenters. The summed E-state index contributed by atoms with van der Waals surface area (Å²) in [7, 11) is 0. The van der Waals surface area contributed by atoms with Gasteiger partial charge in [-0.1, -0.05) is 13.0 Å². The van der Waals surface area contributed by atoms with Crippen LogP contribution < -0.4 is 4.74 Å². The lowest BCUT2D eigenvalue weighted by Crippen LogP contribution is -2.08. The second-order valence-electron chi connectivity index (χ2n) is 7.05.